The number of hydrogen-bond acceptors (Lipinski definition) is 2. The Morgan fingerprint density at radius 2 is 2.29 bits per heavy atom. The molecule has 4 heteroatoms. The molecule has 1 heterocycles. The molecule has 1 unspecified atom stereocenters. The van der Waals surface area contributed by atoms with E-state index in [1.807, 2.05) is 0 Å². The van der Waals surface area contributed by atoms with Crippen LogP contribution in [-0.4, -0.2) is 18.2 Å². The van der Waals surface area contributed by atoms with Crippen molar-refractivity contribution in [2.24, 2.45) is 0 Å². The van der Waals surface area contributed by atoms with Gasteiger partial charge in [0.2, 0.25) is 0 Å². The highest BCUT2D eigenvalue weighted by atomic mass is 35.5. The highest BCUT2D eigenvalue weighted by molar-refractivity contribution is 6.31. The first-order chi connectivity index (χ1) is 6.62. The molecule has 0 radical (unpaired) electrons. The fourth-order valence-electron chi connectivity index (χ4n) is 1.76. The fourth-order valence-corrected chi connectivity index (χ4v) is 2.06. The van der Waals surface area contributed by atoms with E-state index in [0.717, 1.165) is 6.54 Å². The Labute approximate surface area is 86.7 Å². The van der Waals surface area contributed by atoms with Crippen molar-refractivity contribution in [3.8, 4) is 0 Å². The number of nitrogens with one attached hydrogen (secondary N) is 1. The quantitative estimate of drug-likeness (QED) is 0.747. The Kier molecular flexibility index (Phi) is 2.47. The van der Waals surface area contributed by atoms with Crippen LogP contribution in [0.3, 0.4) is 0 Å². The van der Waals surface area contributed by atoms with Gasteiger partial charge in [-0.15, -0.1) is 0 Å². The minimum absolute atomic E-state index is 0.371. The van der Waals surface area contributed by atoms with Crippen molar-refractivity contribution in [1.82, 2.24) is 5.32 Å². The molecule has 2 rings (SSSR count). The predicted molar refractivity (Wildman–Crippen MR) is 52.8 cm³/mol. The van der Waals surface area contributed by atoms with E-state index >= 15 is 0 Å². The summed E-state index contributed by atoms with van der Waals surface area (Å²) in [6.07, 6.45) is 0.566. The van der Waals surface area contributed by atoms with E-state index in [1.54, 1.807) is 0 Å². The summed E-state index contributed by atoms with van der Waals surface area (Å²) in [7, 11) is 0. The second-order valence-electron chi connectivity index (χ2n) is 3.58. The first-order valence-corrected chi connectivity index (χ1v) is 4.88. The van der Waals surface area contributed by atoms with E-state index in [-0.39, 0.29) is 5.82 Å². The van der Waals surface area contributed by atoms with Gasteiger partial charge in [0.25, 0.3) is 0 Å². The van der Waals surface area contributed by atoms with Gasteiger partial charge in [-0.05, 0) is 31.2 Å². The summed E-state index contributed by atoms with van der Waals surface area (Å²) in [5, 5.41) is 13.6. The molecule has 1 aromatic rings. The lowest BCUT2D eigenvalue weighted by molar-refractivity contribution is 0.0585. The average Bonchev–Trinajstić information content (AvgIpc) is 2.58. The third kappa shape index (κ3) is 1.63. The Balaban J connectivity index is 2.44. The molecule has 76 valence electrons. The van der Waals surface area contributed by atoms with Crippen LogP contribution in [0.1, 0.15) is 12.0 Å². The second-order valence-corrected chi connectivity index (χ2v) is 3.99. The molecule has 0 aromatic heterocycles. The molecule has 1 atom stereocenters. The van der Waals surface area contributed by atoms with Crippen LogP contribution in [0.4, 0.5) is 4.39 Å². The van der Waals surface area contributed by atoms with Gasteiger partial charge in [0.15, 0.2) is 0 Å². The first-order valence-electron chi connectivity index (χ1n) is 4.50. The molecule has 2 nitrogen and oxygen atoms in total. The van der Waals surface area contributed by atoms with Gasteiger partial charge in [-0.3, -0.25) is 0 Å². The summed E-state index contributed by atoms with van der Waals surface area (Å²) in [6, 6.07) is 4.06. The van der Waals surface area contributed by atoms with Crippen molar-refractivity contribution < 1.29 is 9.50 Å². The summed E-state index contributed by atoms with van der Waals surface area (Å²) in [5.41, 5.74) is -0.539. The normalized spacial score (nSPS) is 26.8. The summed E-state index contributed by atoms with van der Waals surface area (Å²) in [4.78, 5) is 0. The van der Waals surface area contributed by atoms with Crippen molar-refractivity contribution in [2.45, 2.75) is 12.0 Å². The third-order valence-corrected chi connectivity index (χ3v) is 2.89. The molecule has 1 aliphatic heterocycles. The van der Waals surface area contributed by atoms with Gasteiger partial charge in [-0.2, -0.15) is 0 Å². The predicted octanol–water partition coefficient (Wildman–Crippen LogP) is 1.66. The van der Waals surface area contributed by atoms with Gasteiger partial charge in [0.1, 0.15) is 11.4 Å². The minimum atomic E-state index is -1.01. The molecule has 1 aromatic carbocycles. The zero-order valence-electron chi connectivity index (χ0n) is 7.56. The topological polar surface area (TPSA) is 32.3 Å². The van der Waals surface area contributed by atoms with Crippen LogP contribution < -0.4 is 5.32 Å². The largest absolute Gasteiger partial charge is 0.384 e. The third-order valence-electron chi connectivity index (χ3n) is 2.56. The van der Waals surface area contributed by atoms with Crippen molar-refractivity contribution >= 4 is 11.6 Å². The van der Waals surface area contributed by atoms with E-state index in [0.29, 0.717) is 23.6 Å². The molecule has 14 heavy (non-hydrogen) atoms. The molecule has 0 aliphatic carbocycles. The number of aliphatic hydroxyl groups is 1. The second kappa shape index (κ2) is 3.50. The van der Waals surface area contributed by atoms with E-state index in [9.17, 15) is 9.50 Å². The van der Waals surface area contributed by atoms with Crippen molar-refractivity contribution in [3.63, 3.8) is 0 Å². The van der Waals surface area contributed by atoms with Gasteiger partial charge < -0.3 is 10.4 Å². The highest BCUT2D eigenvalue weighted by Gasteiger charge is 2.34. The summed E-state index contributed by atoms with van der Waals surface area (Å²) in [6.45, 7) is 1.15. The molecule has 0 spiro atoms. The summed E-state index contributed by atoms with van der Waals surface area (Å²) in [5.74, 6) is -0.371. The van der Waals surface area contributed by atoms with Crippen LogP contribution in [0, 0.1) is 5.82 Å². The van der Waals surface area contributed by atoms with Crippen LogP contribution in [0.5, 0.6) is 0 Å². The summed E-state index contributed by atoms with van der Waals surface area (Å²) < 4.78 is 13.0. The van der Waals surface area contributed by atoms with Gasteiger partial charge in [-0.1, -0.05) is 11.6 Å². The van der Waals surface area contributed by atoms with Crippen LogP contribution in [-0.2, 0) is 5.60 Å². The fraction of sp³-hybridized carbons (Fsp3) is 0.400. The average molecular weight is 216 g/mol. The standard InChI is InChI=1S/C10H11ClFNO/c11-9-2-1-7(12)5-8(9)10(14)3-4-13-6-10/h1-2,5,13-14H,3-4,6H2. The molecule has 0 saturated carbocycles. The van der Waals surface area contributed by atoms with Gasteiger partial charge in [0, 0.05) is 17.1 Å². The minimum Gasteiger partial charge on any atom is -0.384 e. The zero-order valence-corrected chi connectivity index (χ0v) is 8.31. The molecule has 1 fully saturated rings. The number of benzene rings is 1. The van der Waals surface area contributed by atoms with Crippen molar-refractivity contribution in [2.75, 3.05) is 13.1 Å². The highest BCUT2D eigenvalue weighted by Crippen LogP contribution is 2.33. The lowest BCUT2D eigenvalue weighted by Gasteiger charge is -2.22. The van der Waals surface area contributed by atoms with Crippen LogP contribution in [0.15, 0.2) is 18.2 Å². The van der Waals surface area contributed by atoms with E-state index in [1.165, 1.54) is 18.2 Å². The van der Waals surface area contributed by atoms with Gasteiger partial charge in [-0.25, -0.2) is 4.39 Å². The maximum atomic E-state index is 13.0. The number of rotatable bonds is 1. The maximum absolute atomic E-state index is 13.0. The van der Waals surface area contributed by atoms with Crippen molar-refractivity contribution in [3.05, 3.63) is 34.6 Å². The Bertz CT molecular complexity index is 350. The van der Waals surface area contributed by atoms with E-state index in [4.69, 9.17) is 11.6 Å². The Morgan fingerprint density at radius 3 is 2.93 bits per heavy atom. The Hall–Kier alpha value is -0.640. The molecular weight excluding hydrogens is 205 g/mol. The maximum Gasteiger partial charge on any atom is 0.123 e. The number of hydrogen-bond donors (Lipinski definition) is 2. The summed E-state index contributed by atoms with van der Waals surface area (Å²) >= 11 is 5.91. The van der Waals surface area contributed by atoms with Crippen LogP contribution in [0.2, 0.25) is 5.02 Å². The van der Waals surface area contributed by atoms with Gasteiger partial charge in [0.05, 0.1) is 0 Å². The SMILES string of the molecule is OC1(c2cc(F)ccc2Cl)CCNC1. The first kappa shape index (κ1) is 9.90. The monoisotopic (exact) mass is 215 g/mol. The number of β-amino-alcohol motifs (C(OH)–C–C–N with tert-alkyl or cyclic N) is 1. The van der Waals surface area contributed by atoms with Crippen LogP contribution >= 0.6 is 11.6 Å². The molecule has 2 N–H and O–H groups in total. The molecule has 0 amide bonds. The molecule has 1 saturated heterocycles. The van der Waals surface area contributed by atoms with Crippen LogP contribution in [0.25, 0.3) is 0 Å². The molecule has 0 bridgehead atoms. The molecular formula is C10H11ClFNO. The van der Waals surface area contributed by atoms with Gasteiger partial charge >= 0.3 is 0 Å². The smallest absolute Gasteiger partial charge is 0.123 e. The van der Waals surface area contributed by atoms with Crippen molar-refractivity contribution in [1.29, 1.82) is 0 Å². The number of halogens is 2. The zero-order chi connectivity index (χ0) is 10.2. The van der Waals surface area contributed by atoms with E-state index < -0.39 is 5.60 Å². The molecule has 1 aliphatic rings. The lowest BCUT2D eigenvalue weighted by Crippen LogP contribution is -2.28. The lowest BCUT2D eigenvalue weighted by atomic mass is 9.93. The van der Waals surface area contributed by atoms with E-state index in [2.05, 4.69) is 5.32 Å². The Morgan fingerprint density at radius 1 is 1.50 bits per heavy atom.